The Morgan fingerprint density at radius 1 is 1.19 bits per heavy atom. The lowest BCUT2D eigenvalue weighted by Crippen LogP contribution is -2.31. The first-order valence-corrected chi connectivity index (χ1v) is 11.9. The summed E-state index contributed by atoms with van der Waals surface area (Å²) in [5, 5.41) is 5.21. The van der Waals surface area contributed by atoms with Crippen molar-refractivity contribution in [2.24, 2.45) is 0 Å². The lowest BCUT2D eigenvalue weighted by Gasteiger charge is -2.19. The Labute approximate surface area is 187 Å². The van der Waals surface area contributed by atoms with Crippen molar-refractivity contribution in [3.63, 3.8) is 0 Å². The van der Waals surface area contributed by atoms with E-state index in [1.807, 2.05) is 11.5 Å². The standard InChI is InChI=1S/C26H30FN3O2/c1-17-21(26(31)30-15-3-2-10-24(30)28-17)9-5-7-18-6-4-8-19(12-11-18)25-22-14-13-20(27)16-23(22)32-29-25/h7,13-14,16,19H,2-6,8-12,15H2,1H3/b18-7-. The zero-order valence-corrected chi connectivity index (χ0v) is 18.7. The van der Waals surface area contributed by atoms with E-state index in [-0.39, 0.29) is 11.4 Å². The molecule has 5 nitrogen and oxygen atoms in total. The Bertz CT molecular complexity index is 1220. The molecule has 0 bridgehead atoms. The van der Waals surface area contributed by atoms with E-state index in [0.29, 0.717) is 11.5 Å². The van der Waals surface area contributed by atoms with E-state index >= 15 is 0 Å². The van der Waals surface area contributed by atoms with Crippen molar-refractivity contribution < 1.29 is 8.91 Å². The lowest BCUT2D eigenvalue weighted by atomic mass is 9.94. The van der Waals surface area contributed by atoms with Gasteiger partial charge in [-0.25, -0.2) is 9.37 Å². The number of rotatable bonds is 4. The first kappa shape index (κ1) is 21.1. The van der Waals surface area contributed by atoms with E-state index in [1.54, 1.807) is 6.07 Å². The van der Waals surface area contributed by atoms with Gasteiger partial charge in [-0.15, -0.1) is 0 Å². The highest BCUT2D eigenvalue weighted by Gasteiger charge is 2.22. The van der Waals surface area contributed by atoms with E-state index in [0.717, 1.165) is 98.9 Å². The average Bonchev–Trinajstić information content (AvgIpc) is 3.06. The molecule has 0 saturated heterocycles. The molecule has 32 heavy (non-hydrogen) atoms. The average molecular weight is 436 g/mol. The van der Waals surface area contributed by atoms with Gasteiger partial charge in [0.1, 0.15) is 11.6 Å². The van der Waals surface area contributed by atoms with Gasteiger partial charge in [0, 0.05) is 41.6 Å². The van der Waals surface area contributed by atoms with Crippen LogP contribution in [0.4, 0.5) is 4.39 Å². The minimum atomic E-state index is -0.296. The fourth-order valence-electron chi connectivity index (χ4n) is 5.35. The summed E-state index contributed by atoms with van der Waals surface area (Å²) in [7, 11) is 0. The predicted octanol–water partition coefficient (Wildman–Crippen LogP) is 5.78. The van der Waals surface area contributed by atoms with Crippen molar-refractivity contribution in [3.8, 4) is 0 Å². The van der Waals surface area contributed by atoms with Crippen LogP contribution in [0.25, 0.3) is 11.0 Å². The molecule has 0 spiro atoms. The number of halogens is 1. The number of nitrogens with zero attached hydrogens (tertiary/aromatic N) is 3. The van der Waals surface area contributed by atoms with E-state index in [4.69, 9.17) is 9.51 Å². The van der Waals surface area contributed by atoms with Crippen LogP contribution >= 0.6 is 0 Å². The molecule has 6 heteroatoms. The maximum Gasteiger partial charge on any atom is 0.256 e. The molecule has 168 valence electrons. The third-order valence-corrected chi connectivity index (χ3v) is 7.12. The molecule has 1 aliphatic heterocycles. The van der Waals surface area contributed by atoms with Gasteiger partial charge in [0.15, 0.2) is 5.58 Å². The maximum absolute atomic E-state index is 13.5. The number of hydrogen-bond acceptors (Lipinski definition) is 4. The molecule has 0 radical (unpaired) electrons. The number of benzene rings is 1. The van der Waals surface area contributed by atoms with Gasteiger partial charge in [-0.1, -0.05) is 16.8 Å². The summed E-state index contributed by atoms with van der Waals surface area (Å²) in [6, 6.07) is 4.67. The van der Waals surface area contributed by atoms with E-state index in [9.17, 15) is 9.18 Å². The zero-order valence-electron chi connectivity index (χ0n) is 18.7. The van der Waals surface area contributed by atoms with Crippen molar-refractivity contribution >= 4 is 11.0 Å². The molecule has 3 aromatic rings. The first-order valence-electron chi connectivity index (χ1n) is 11.9. The van der Waals surface area contributed by atoms with Crippen molar-refractivity contribution in [1.29, 1.82) is 0 Å². The van der Waals surface area contributed by atoms with Crippen LogP contribution in [0.1, 0.15) is 80.1 Å². The van der Waals surface area contributed by atoms with Gasteiger partial charge in [-0.2, -0.15) is 0 Å². The molecule has 2 aliphatic rings. The topological polar surface area (TPSA) is 60.9 Å². The summed E-state index contributed by atoms with van der Waals surface area (Å²) in [5.41, 5.74) is 4.90. The van der Waals surface area contributed by atoms with Crippen molar-refractivity contribution in [2.45, 2.75) is 83.6 Å². The molecular formula is C26H30FN3O2. The van der Waals surface area contributed by atoms with Crippen LogP contribution in [0.15, 0.2) is 39.2 Å². The highest BCUT2D eigenvalue weighted by molar-refractivity contribution is 5.79. The number of allylic oxidation sites excluding steroid dienone is 2. The second-order valence-electron chi connectivity index (χ2n) is 9.24. The molecule has 0 amide bonds. The van der Waals surface area contributed by atoms with Crippen LogP contribution in [-0.4, -0.2) is 14.7 Å². The fourth-order valence-corrected chi connectivity index (χ4v) is 5.35. The maximum atomic E-state index is 13.5. The molecule has 1 unspecified atom stereocenters. The summed E-state index contributed by atoms with van der Waals surface area (Å²) in [6.45, 7) is 2.78. The van der Waals surface area contributed by atoms with Gasteiger partial charge in [0.05, 0.1) is 5.69 Å². The number of aryl methyl sites for hydroxylation is 2. The second-order valence-corrected chi connectivity index (χ2v) is 9.24. The van der Waals surface area contributed by atoms with Crippen LogP contribution in [0.2, 0.25) is 0 Å². The Balaban J connectivity index is 1.25. The minimum absolute atomic E-state index is 0.167. The second kappa shape index (κ2) is 9.00. The summed E-state index contributed by atoms with van der Waals surface area (Å²) in [6.07, 6.45) is 12.4. The smallest absolute Gasteiger partial charge is 0.256 e. The highest BCUT2D eigenvalue weighted by Crippen LogP contribution is 2.36. The van der Waals surface area contributed by atoms with Crippen molar-refractivity contribution in [2.75, 3.05) is 0 Å². The number of fused-ring (bicyclic) bond motifs is 2. The monoisotopic (exact) mass is 435 g/mol. The van der Waals surface area contributed by atoms with Crippen LogP contribution in [0.5, 0.6) is 0 Å². The van der Waals surface area contributed by atoms with E-state index < -0.39 is 0 Å². The molecule has 1 atom stereocenters. The van der Waals surface area contributed by atoms with Gasteiger partial charge in [-0.3, -0.25) is 9.36 Å². The molecule has 1 fully saturated rings. The highest BCUT2D eigenvalue weighted by atomic mass is 19.1. The van der Waals surface area contributed by atoms with Crippen molar-refractivity contribution in [1.82, 2.24) is 14.7 Å². The molecule has 2 aromatic heterocycles. The Morgan fingerprint density at radius 3 is 3.00 bits per heavy atom. The largest absolute Gasteiger partial charge is 0.356 e. The molecule has 0 N–H and O–H groups in total. The molecule has 1 aromatic carbocycles. The van der Waals surface area contributed by atoms with Gasteiger partial charge in [0.25, 0.3) is 5.56 Å². The van der Waals surface area contributed by atoms with Gasteiger partial charge >= 0.3 is 0 Å². The summed E-state index contributed by atoms with van der Waals surface area (Å²) >= 11 is 0. The number of hydrogen-bond donors (Lipinski definition) is 0. The fraction of sp³-hybridized carbons (Fsp3) is 0.500. The van der Waals surface area contributed by atoms with Crippen LogP contribution in [0, 0.1) is 12.7 Å². The van der Waals surface area contributed by atoms with Gasteiger partial charge in [-0.05, 0) is 76.8 Å². The summed E-state index contributed by atoms with van der Waals surface area (Å²) < 4.78 is 20.7. The molecular weight excluding hydrogens is 405 g/mol. The quantitative estimate of drug-likeness (QED) is 0.385. The van der Waals surface area contributed by atoms with E-state index in [2.05, 4.69) is 11.2 Å². The SMILES string of the molecule is Cc1nc2n(c(=O)c1CC/C=C1/CCCC(c3noc4cc(F)ccc34)CC1)CCCC2. The Kier molecular flexibility index (Phi) is 5.94. The van der Waals surface area contributed by atoms with E-state index in [1.165, 1.54) is 17.7 Å². The lowest BCUT2D eigenvalue weighted by molar-refractivity contribution is 0.428. The predicted molar refractivity (Wildman–Crippen MR) is 122 cm³/mol. The molecule has 1 aliphatic carbocycles. The molecule has 1 saturated carbocycles. The third kappa shape index (κ3) is 4.15. The Hall–Kier alpha value is -2.76. The minimum Gasteiger partial charge on any atom is -0.356 e. The van der Waals surface area contributed by atoms with Gasteiger partial charge in [0.2, 0.25) is 0 Å². The first-order chi connectivity index (χ1) is 15.6. The number of aromatic nitrogens is 3. The molecule has 5 rings (SSSR count). The Morgan fingerprint density at radius 2 is 2.09 bits per heavy atom. The summed E-state index contributed by atoms with van der Waals surface area (Å²) in [5.74, 6) is 0.999. The van der Waals surface area contributed by atoms with Crippen LogP contribution in [0.3, 0.4) is 0 Å². The zero-order chi connectivity index (χ0) is 22.1. The van der Waals surface area contributed by atoms with Crippen LogP contribution < -0.4 is 5.56 Å². The molecule has 3 heterocycles. The third-order valence-electron chi connectivity index (χ3n) is 7.12. The van der Waals surface area contributed by atoms with Crippen molar-refractivity contribution in [3.05, 3.63) is 68.8 Å². The van der Waals surface area contributed by atoms with Gasteiger partial charge < -0.3 is 4.52 Å². The summed E-state index contributed by atoms with van der Waals surface area (Å²) in [4.78, 5) is 17.7. The van der Waals surface area contributed by atoms with Crippen LogP contribution in [-0.2, 0) is 19.4 Å². The normalized spacial score (nSPS) is 20.4.